The molecule has 1 fully saturated rings. The topological polar surface area (TPSA) is 23.5 Å². The van der Waals surface area contributed by atoms with Crippen molar-refractivity contribution in [2.24, 2.45) is 0 Å². The number of phenols is 1. The largest absolute Gasteiger partial charge is 0.508 e. The number of halogens is 1. The van der Waals surface area contributed by atoms with Crippen LogP contribution in [0.4, 0.5) is 0 Å². The first-order valence-corrected chi connectivity index (χ1v) is 6.22. The molecule has 0 heterocycles. The molecule has 1 aliphatic rings. The maximum absolute atomic E-state index is 9.74. The first-order valence-electron chi connectivity index (χ1n) is 5.84. The van der Waals surface area contributed by atoms with E-state index >= 15 is 0 Å². The first kappa shape index (κ1) is 11.7. The van der Waals surface area contributed by atoms with Crippen LogP contribution in [0.1, 0.15) is 31.2 Å². The number of hydrogen-bond donors (Lipinski definition) is 1. The molecule has 1 saturated carbocycles. The molecule has 0 aliphatic heterocycles. The fourth-order valence-corrected chi connectivity index (χ4v) is 2.62. The Balaban J connectivity index is 2.04. The molecule has 1 aliphatic carbocycles. The van der Waals surface area contributed by atoms with Gasteiger partial charge in [-0.3, -0.25) is 4.90 Å². The highest BCUT2D eigenvalue weighted by atomic mass is 35.5. The highest BCUT2D eigenvalue weighted by Gasteiger charge is 2.20. The highest BCUT2D eigenvalue weighted by molar-refractivity contribution is 6.30. The third-order valence-corrected chi connectivity index (χ3v) is 3.64. The molecule has 1 aromatic carbocycles. The number of benzene rings is 1. The molecule has 0 unspecified atom stereocenters. The summed E-state index contributed by atoms with van der Waals surface area (Å²) < 4.78 is 0. The van der Waals surface area contributed by atoms with Gasteiger partial charge >= 0.3 is 0 Å². The summed E-state index contributed by atoms with van der Waals surface area (Å²) in [4.78, 5) is 2.32. The summed E-state index contributed by atoms with van der Waals surface area (Å²) in [6.45, 7) is 0.775. The van der Waals surface area contributed by atoms with E-state index in [9.17, 15) is 5.11 Å². The molecular weight excluding hydrogens is 222 g/mol. The van der Waals surface area contributed by atoms with Crippen molar-refractivity contribution in [2.75, 3.05) is 7.05 Å². The molecule has 0 aromatic heterocycles. The van der Waals surface area contributed by atoms with Crippen molar-refractivity contribution in [2.45, 2.75) is 38.3 Å². The summed E-state index contributed by atoms with van der Waals surface area (Å²) in [7, 11) is 2.12. The molecule has 0 spiro atoms. The molecule has 16 heavy (non-hydrogen) atoms. The van der Waals surface area contributed by atoms with Crippen molar-refractivity contribution < 1.29 is 5.11 Å². The minimum absolute atomic E-state index is 0.342. The molecule has 0 atom stereocenters. The average Bonchev–Trinajstić information content (AvgIpc) is 2.76. The Bertz CT molecular complexity index is 361. The Labute approximate surface area is 102 Å². The van der Waals surface area contributed by atoms with Gasteiger partial charge in [-0.25, -0.2) is 0 Å². The Morgan fingerprint density at radius 2 is 2.06 bits per heavy atom. The summed E-state index contributed by atoms with van der Waals surface area (Å²) in [6.07, 6.45) is 5.21. The standard InChI is InChI=1S/C13H18ClNO/c1-15(12-4-2-3-5-12)9-10-8-11(14)6-7-13(10)16/h6-8,12,16H,2-5,9H2,1H3. The van der Waals surface area contributed by atoms with E-state index in [1.54, 1.807) is 12.1 Å². The van der Waals surface area contributed by atoms with Gasteiger partial charge in [0.15, 0.2) is 0 Å². The quantitative estimate of drug-likeness (QED) is 0.874. The number of rotatable bonds is 3. The van der Waals surface area contributed by atoms with Crippen LogP contribution in [0.15, 0.2) is 18.2 Å². The van der Waals surface area contributed by atoms with Crippen LogP contribution >= 0.6 is 11.6 Å². The van der Waals surface area contributed by atoms with Crippen LogP contribution in [-0.2, 0) is 6.54 Å². The third-order valence-electron chi connectivity index (χ3n) is 3.41. The Kier molecular flexibility index (Phi) is 3.72. The SMILES string of the molecule is CN(Cc1cc(Cl)ccc1O)C1CCCC1. The summed E-state index contributed by atoms with van der Waals surface area (Å²) >= 11 is 5.93. The van der Waals surface area contributed by atoms with Crippen molar-refractivity contribution in [3.63, 3.8) is 0 Å². The van der Waals surface area contributed by atoms with Crippen molar-refractivity contribution in [3.8, 4) is 5.75 Å². The van der Waals surface area contributed by atoms with E-state index < -0.39 is 0 Å². The van der Waals surface area contributed by atoms with Crippen LogP contribution in [0.25, 0.3) is 0 Å². The van der Waals surface area contributed by atoms with Crippen LogP contribution in [-0.4, -0.2) is 23.1 Å². The van der Waals surface area contributed by atoms with Gasteiger partial charge in [-0.05, 0) is 38.1 Å². The Morgan fingerprint density at radius 3 is 2.75 bits per heavy atom. The second-order valence-corrected chi connectivity index (χ2v) is 5.06. The van der Waals surface area contributed by atoms with E-state index in [0.29, 0.717) is 16.8 Å². The predicted octanol–water partition coefficient (Wildman–Crippen LogP) is 3.42. The van der Waals surface area contributed by atoms with Gasteiger partial charge in [-0.2, -0.15) is 0 Å². The van der Waals surface area contributed by atoms with E-state index in [1.807, 2.05) is 6.07 Å². The average molecular weight is 240 g/mol. The van der Waals surface area contributed by atoms with Crippen molar-refractivity contribution in [1.82, 2.24) is 4.90 Å². The second-order valence-electron chi connectivity index (χ2n) is 4.63. The minimum atomic E-state index is 0.342. The number of aromatic hydroxyl groups is 1. The Morgan fingerprint density at radius 1 is 1.38 bits per heavy atom. The van der Waals surface area contributed by atoms with E-state index in [4.69, 9.17) is 11.6 Å². The van der Waals surface area contributed by atoms with Crippen molar-refractivity contribution >= 4 is 11.6 Å². The summed E-state index contributed by atoms with van der Waals surface area (Å²) in [5.74, 6) is 0.342. The zero-order valence-electron chi connectivity index (χ0n) is 9.62. The molecule has 0 saturated heterocycles. The first-order chi connectivity index (χ1) is 7.66. The van der Waals surface area contributed by atoms with E-state index in [1.165, 1.54) is 25.7 Å². The molecular formula is C13H18ClNO. The molecule has 0 bridgehead atoms. The van der Waals surface area contributed by atoms with E-state index in [0.717, 1.165) is 12.1 Å². The zero-order chi connectivity index (χ0) is 11.5. The lowest BCUT2D eigenvalue weighted by Crippen LogP contribution is -2.28. The molecule has 0 radical (unpaired) electrons. The fourth-order valence-electron chi connectivity index (χ4n) is 2.42. The monoisotopic (exact) mass is 239 g/mol. The predicted molar refractivity (Wildman–Crippen MR) is 66.8 cm³/mol. The van der Waals surface area contributed by atoms with Crippen LogP contribution in [0.5, 0.6) is 5.75 Å². The van der Waals surface area contributed by atoms with E-state index in [2.05, 4.69) is 11.9 Å². The Hall–Kier alpha value is -0.730. The molecule has 2 nitrogen and oxygen atoms in total. The van der Waals surface area contributed by atoms with Gasteiger partial charge in [0.25, 0.3) is 0 Å². The van der Waals surface area contributed by atoms with Gasteiger partial charge in [-0.15, -0.1) is 0 Å². The van der Waals surface area contributed by atoms with Crippen LogP contribution in [0.3, 0.4) is 0 Å². The molecule has 0 amide bonds. The van der Waals surface area contributed by atoms with Crippen LogP contribution < -0.4 is 0 Å². The van der Waals surface area contributed by atoms with Crippen molar-refractivity contribution in [3.05, 3.63) is 28.8 Å². The van der Waals surface area contributed by atoms with Gasteiger partial charge in [0, 0.05) is 23.2 Å². The molecule has 1 N–H and O–H groups in total. The van der Waals surface area contributed by atoms with Crippen molar-refractivity contribution in [1.29, 1.82) is 0 Å². The molecule has 1 aromatic rings. The maximum atomic E-state index is 9.74. The smallest absolute Gasteiger partial charge is 0.120 e. The van der Waals surface area contributed by atoms with Gasteiger partial charge < -0.3 is 5.11 Å². The van der Waals surface area contributed by atoms with Gasteiger partial charge in [0.2, 0.25) is 0 Å². The van der Waals surface area contributed by atoms with Crippen LogP contribution in [0, 0.1) is 0 Å². The van der Waals surface area contributed by atoms with Crippen LogP contribution in [0.2, 0.25) is 5.02 Å². The van der Waals surface area contributed by atoms with Gasteiger partial charge in [0.05, 0.1) is 0 Å². The van der Waals surface area contributed by atoms with E-state index in [-0.39, 0.29) is 0 Å². The molecule has 3 heteroatoms. The summed E-state index contributed by atoms with van der Waals surface area (Å²) in [6, 6.07) is 5.90. The summed E-state index contributed by atoms with van der Waals surface area (Å²) in [5.41, 5.74) is 0.918. The lowest BCUT2D eigenvalue weighted by atomic mass is 10.1. The lowest BCUT2D eigenvalue weighted by Gasteiger charge is -2.24. The molecule has 88 valence electrons. The lowest BCUT2D eigenvalue weighted by molar-refractivity contribution is 0.234. The normalized spacial score (nSPS) is 17.2. The summed E-state index contributed by atoms with van der Waals surface area (Å²) in [5, 5.41) is 10.4. The zero-order valence-corrected chi connectivity index (χ0v) is 10.4. The molecule has 2 rings (SSSR count). The third kappa shape index (κ3) is 2.69. The van der Waals surface area contributed by atoms with Gasteiger partial charge in [-0.1, -0.05) is 24.4 Å². The number of hydrogen-bond acceptors (Lipinski definition) is 2. The minimum Gasteiger partial charge on any atom is -0.508 e. The van der Waals surface area contributed by atoms with Gasteiger partial charge in [0.1, 0.15) is 5.75 Å². The second kappa shape index (κ2) is 5.07. The number of nitrogens with zero attached hydrogens (tertiary/aromatic N) is 1. The highest BCUT2D eigenvalue weighted by Crippen LogP contribution is 2.27. The fraction of sp³-hybridized carbons (Fsp3) is 0.538. The number of phenolic OH excluding ortho intramolecular Hbond substituents is 1. The maximum Gasteiger partial charge on any atom is 0.120 e.